The second-order valence-electron chi connectivity index (χ2n) is 9.13. The minimum Gasteiger partial charge on any atom is -0.463 e. The number of benzene rings is 2. The highest BCUT2D eigenvalue weighted by atomic mass is 19.1. The van der Waals surface area contributed by atoms with Crippen molar-refractivity contribution in [3.8, 4) is 0 Å². The van der Waals surface area contributed by atoms with Gasteiger partial charge in [-0.25, -0.2) is 18.8 Å². The van der Waals surface area contributed by atoms with Crippen LogP contribution < -0.4 is 11.5 Å². The van der Waals surface area contributed by atoms with Crippen LogP contribution in [0.3, 0.4) is 0 Å². The third-order valence-corrected chi connectivity index (χ3v) is 6.52. The highest BCUT2D eigenvalue weighted by Crippen LogP contribution is 2.27. The number of amidine groups is 2. The van der Waals surface area contributed by atoms with Gasteiger partial charge in [-0.3, -0.25) is 0 Å². The summed E-state index contributed by atoms with van der Waals surface area (Å²) in [5.74, 6) is 0.466. The van der Waals surface area contributed by atoms with Crippen LogP contribution in [0.15, 0.2) is 58.5 Å². The van der Waals surface area contributed by atoms with E-state index < -0.39 is 0 Å². The van der Waals surface area contributed by atoms with Crippen LogP contribution in [0.1, 0.15) is 68.9 Å². The van der Waals surface area contributed by atoms with E-state index in [1.165, 1.54) is 29.8 Å². The quantitative estimate of drug-likeness (QED) is 0.507. The normalized spacial score (nSPS) is 20.6. The van der Waals surface area contributed by atoms with Gasteiger partial charge in [-0.2, -0.15) is 0 Å². The van der Waals surface area contributed by atoms with E-state index in [0.717, 1.165) is 37.7 Å². The monoisotopic (exact) mass is 486 g/mol. The van der Waals surface area contributed by atoms with Crippen molar-refractivity contribution in [2.24, 2.45) is 21.5 Å². The minimum atomic E-state index is -0.192. The molecule has 0 bridgehead atoms. The van der Waals surface area contributed by atoms with Crippen LogP contribution in [0.4, 0.5) is 8.78 Å². The van der Waals surface area contributed by atoms with Crippen molar-refractivity contribution in [3.63, 3.8) is 0 Å². The van der Waals surface area contributed by atoms with Gasteiger partial charge in [0.25, 0.3) is 12.0 Å². The average molecular weight is 487 g/mol. The molecule has 4 N–H and O–H groups in total. The maximum atomic E-state index is 12.9. The van der Waals surface area contributed by atoms with Crippen molar-refractivity contribution >= 4 is 12.0 Å². The lowest BCUT2D eigenvalue weighted by Gasteiger charge is -2.16. The molecule has 0 radical (unpaired) electrons. The Hall–Kier alpha value is -3.16. The SMILES string of the molecule is CC(CC[C@H]1COC(N)=N1)c1ccc(F)cc1.CCC(CC[C@H]1COC(N)=N1)c1ccc(F)cc1. The molecule has 0 saturated heterocycles. The van der Waals surface area contributed by atoms with Crippen LogP contribution in [-0.2, 0) is 9.47 Å². The number of rotatable bonds is 9. The fourth-order valence-electron chi connectivity index (χ4n) is 4.30. The predicted octanol–water partition coefficient (Wildman–Crippen LogP) is 5.24. The summed E-state index contributed by atoms with van der Waals surface area (Å²) in [6.07, 6.45) is 4.96. The Labute approximate surface area is 206 Å². The zero-order chi connectivity index (χ0) is 25.2. The molecule has 0 saturated carbocycles. The Balaban J connectivity index is 0.000000196. The number of hydrogen-bond acceptors (Lipinski definition) is 6. The van der Waals surface area contributed by atoms with E-state index >= 15 is 0 Å². The number of nitrogens with zero attached hydrogens (tertiary/aromatic N) is 2. The first kappa shape index (κ1) is 26.4. The zero-order valence-electron chi connectivity index (χ0n) is 20.5. The van der Waals surface area contributed by atoms with Gasteiger partial charge in [0, 0.05) is 0 Å². The van der Waals surface area contributed by atoms with Crippen molar-refractivity contribution in [1.29, 1.82) is 0 Å². The van der Waals surface area contributed by atoms with E-state index in [1.54, 1.807) is 0 Å². The standard InChI is InChI=1S/C14H19FN2O.C13H17FN2O/c1-2-10(11-3-6-12(15)7-4-11)5-8-13-9-18-14(16)17-13;1-9(10-3-5-11(14)6-4-10)2-7-12-8-17-13(15)16-12/h3-4,6-7,10,13H,2,5,8-9H2,1H3,(H2,16,17);3-6,9,12H,2,7-8H2,1H3,(H2,15,16)/t10?,13-;9?,12-/m00/s1. The number of hydrogen-bond donors (Lipinski definition) is 2. The molecule has 0 aromatic heterocycles. The van der Waals surface area contributed by atoms with Crippen molar-refractivity contribution in [1.82, 2.24) is 0 Å². The molecule has 2 aliphatic rings. The molecule has 2 aliphatic heterocycles. The minimum absolute atomic E-state index is 0.179. The highest BCUT2D eigenvalue weighted by molar-refractivity contribution is 5.73. The second-order valence-corrected chi connectivity index (χ2v) is 9.13. The molecule has 4 atom stereocenters. The summed E-state index contributed by atoms with van der Waals surface area (Å²) in [5, 5.41) is 0. The second kappa shape index (κ2) is 13.1. The van der Waals surface area contributed by atoms with Gasteiger partial charge in [0.15, 0.2) is 0 Å². The van der Waals surface area contributed by atoms with Gasteiger partial charge in [0.05, 0.1) is 12.1 Å². The maximum absolute atomic E-state index is 12.9. The lowest BCUT2D eigenvalue weighted by Crippen LogP contribution is -2.10. The maximum Gasteiger partial charge on any atom is 0.282 e. The number of halogens is 2. The Morgan fingerprint density at radius 3 is 1.69 bits per heavy atom. The van der Waals surface area contributed by atoms with Gasteiger partial charge in [-0.1, -0.05) is 38.1 Å². The van der Waals surface area contributed by atoms with E-state index in [0.29, 0.717) is 37.1 Å². The molecule has 4 rings (SSSR count). The molecule has 2 aromatic carbocycles. The number of ether oxygens (including phenoxy) is 2. The van der Waals surface area contributed by atoms with Gasteiger partial charge >= 0.3 is 0 Å². The molecule has 2 unspecified atom stereocenters. The van der Waals surface area contributed by atoms with Crippen molar-refractivity contribution in [3.05, 3.63) is 71.3 Å². The Bertz CT molecular complexity index is 980. The molecule has 8 heteroatoms. The Kier molecular flexibility index (Phi) is 9.87. The van der Waals surface area contributed by atoms with E-state index in [-0.39, 0.29) is 23.7 Å². The summed E-state index contributed by atoms with van der Waals surface area (Å²) in [5.41, 5.74) is 13.3. The van der Waals surface area contributed by atoms with Crippen LogP contribution in [0.25, 0.3) is 0 Å². The summed E-state index contributed by atoms with van der Waals surface area (Å²) < 4.78 is 35.9. The molecule has 190 valence electrons. The van der Waals surface area contributed by atoms with Crippen LogP contribution >= 0.6 is 0 Å². The molecule has 35 heavy (non-hydrogen) atoms. The largest absolute Gasteiger partial charge is 0.463 e. The van der Waals surface area contributed by atoms with Crippen LogP contribution in [0.2, 0.25) is 0 Å². The summed E-state index contributed by atoms with van der Waals surface area (Å²) in [7, 11) is 0. The van der Waals surface area contributed by atoms with Crippen molar-refractivity contribution in [2.75, 3.05) is 13.2 Å². The third-order valence-electron chi connectivity index (χ3n) is 6.52. The molecule has 0 spiro atoms. The van der Waals surface area contributed by atoms with E-state index in [4.69, 9.17) is 20.9 Å². The molecule has 0 aliphatic carbocycles. The van der Waals surface area contributed by atoms with Crippen LogP contribution in [-0.4, -0.2) is 37.3 Å². The summed E-state index contributed by atoms with van der Waals surface area (Å²) in [6, 6.07) is 14.4. The van der Waals surface area contributed by atoms with Gasteiger partial charge < -0.3 is 20.9 Å². The average Bonchev–Trinajstić information content (AvgIpc) is 3.47. The first-order chi connectivity index (χ1) is 16.8. The Morgan fingerprint density at radius 1 is 0.800 bits per heavy atom. The topological polar surface area (TPSA) is 95.2 Å². The van der Waals surface area contributed by atoms with Gasteiger partial charge in [0.2, 0.25) is 0 Å². The first-order valence-corrected chi connectivity index (χ1v) is 12.3. The molecular formula is C27H36F2N4O2. The Morgan fingerprint density at radius 2 is 1.26 bits per heavy atom. The van der Waals surface area contributed by atoms with Crippen LogP contribution in [0.5, 0.6) is 0 Å². The van der Waals surface area contributed by atoms with Crippen LogP contribution in [0, 0.1) is 11.6 Å². The molecule has 6 nitrogen and oxygen atoms in total. The predicted molar refractivity (Wildman–Crippen MR) is 135 cm³/mol. The molecule has 0 amide bonds. The summed E-state index contributed by atoms with van der Waals surface area (Å²) in [4.78, 5) is 8.40. The van der Waals surface area contributed by atoms with E-state index in [2.05, 4.69) is 23.8 Å². The lowest BCUT2D eigenvalue weighted by molar-refractivity contribution is 0.303. The zero-order valence-corrected chi connectivity index (χ0v) is 20.5. The fourth-order valence-corrected chi connectivity index (χ4v) is 4.30. The number of aliphatic imine (C=N–C) groups is 2. The smallest absolute Gasteiger partial charge is 0.282 e. The third kappa shape index (κ3) is 8.53. The van der Waals surface area contributed by atoms with Crippen molar-refractivity contribution < 1.29 is 18.3 Å². The first-order valence-electron chi connectivity index (χ1n) is 12.3. The van der Waals surface area contributed by atoms with E-state index in [1.807, 2.05) is 24.3 Å². The molecule has 2 aromatic rings. The van der Waals surface area contributed by atoms with Gasteiger partial charge in [-0.15, -0.1) is 0 Å². The highest BCUT2D eigenvalue weighted by Gasteiger charge is 2.19. The summed E-state index contributed by atoms with van der Waals surface area (Å²) in [6.45, 7) is 5.46. The summed E-state index contributed by atoms with van der Waals surface area (Å²) >= 11 is 0. The fraction of sp³-hybridized carbons (Fsp3) is 0.481. The molecule has 2 heterocycles. The lowest BCUT2D eigenvalue weighted by atomic mass is 9.90. The van der Waals surface area contributed by atoms with Crippen molar-refractivity contribution in [2.45, 2.75) is 69.9 Å². The molecule has 0 fully saturated rings. The van der Waals surface area contributed by atoms with Gasteiger partial charge in [-0.05, 0) is 79.3 Å². The van der Waals surface area contributed by atoms with E-state index in [9.17, 15) is 8.78 Å². The molecular weight excluding hydrogens is 450 g/mol. The van der Waals surface area contributed by atoms with Gasteiger partial charge in [0.1, 0.15) is 24.8 Å². The number of nitrogens with two attached hydrogens (primary N) is 2.